The highest BCUT2D eigenvalue weighted by atomic mass is 16.4. The zero-order valence-corrected chi connectivity index (χ0v) is 42.6. The van der Waals surface area contributed by atoms with Crippen LogP contribution >= 0.6 is 0 Å². The monoisotopic (exact) mass is 1010 g/mol. The highest BCUT2D eigenvalue weighted by Crippen LogP contribution is 2.13. The summed E-state index contributed by atoms with van der Waals surface area (Å²) in [5.41, 5.74) is 16.8. The van der Waals surface area contributed by atoms with Gasteiger partial charge in [-0.2, -0.15) is 0 Å². The second-order valence-electron chi connectivity index (χ2n) is 19.5. The van der Waals surface area contributed by atoms with Crippen molar-refractivity contribution in [2.75, 3.05) is 0 Å². The Morgan fingerprint density at radius 3 is 1.13 bits per heavy atom. The van der Waals surface area contributed by atoms with Gasteiger partial charge in [0.1, 0.15) is 48.3 Å². The van der Waals surface area contributed by atoms with Crippen molar-refractivity contribution >= 4 is 71.0 Å². The molecule has 0 bridgehead atoms. The van der Waals surface area contributed by atoms with Crippen molar-refractivity contribution in [1.29, 1.82) is 0 Å². The van der Waals surface area contributed by atoms with Gasteiger partial charge in [0, 0.05) is 12.8 Å². The molecule has 0 aliphatic carbocycles. The molecule has 0 heterocycles. The van der Waals surface area contributed by atoms with Gasteiger partial charge in [0.25, 0.3) is 0 Å². The molecule has 17 N–H and O–H groups in total. The van der Waals surface area contributed by atoms with Gasteiger partial charge < -0.3 is 75.1 Å². The molecule has 0 unspecified atom stereocenters. The van der Waals surface area contributed by atoms with E-state index in [1.54, 1.807) is 41.5 Å². The fourth-order valence-corrected chi connectivity index (χ4v) is 6.76. The van der Waals surface area contributed by atoms with Crippen molar-refractivity contribution < 1.29 is 72.9 Å². The lowest BCUT2D eigenvalue weighted by Gasteiger charge is -2.30. The summed E-state index contributed by atoms with van der Waals surface area (Å²) in [5.74, 6) is -14.7. The van der Waals surface area contributed by atoms with Crippen LogP contribution in [0.2, 0.25) is 0 Å². The van der Waals surface area contributed by atoms with Crippen LogP contribution in [-0.4, -0.2) is 147 Å². The van der Waals surface area contributed by atoms with E-state index < -0.39 is 175 Å². The number of aliphatic carboxylic acids is 2. The van der Waals surface area contributed by atoms with Crippen LogP contribution in [0.15, 0.2) is 0 Å². The van der Waals surface area contributed by atoms with E-state index in [4.69, 9.17) is 17.2 Å². The minimum absolute atomic E-state index is 0.103. The summed E-state index contributed by atoms with van der Waals surface area (Å²) < 4.78 is 0. The van der Waals surface area contributed by atoms with Gasteiger partial charge in [-0.1, -0.05) is 69.2 Å². The first-order chi connectivity index (χ1) is 32.7. The molecule has 0 aromatic rings. The standard InChI is InChI=1S/C45H79N11O15/c1-19(2)16-27(40(65)52-29(18-31(47)59)41(66)54-34(22(7)8)43(68)56-36(24(11)57)44(69)55-35(23(9)10)45(70)71)51-38(63)26(13-15-32(60)61)49-37(62)25(12-14-30(46)58)50-39(64)28(17-20(3)4)53-42(67)33(48)21(5)6/h19-29,33-36,57H,12-18,48H2,1-11H3,(H2,46,58)(H2,47,59)(H,49,62)(H,50,64)(H,51,63)(H,52,65)(H,53,67)(H,54,66)(H,55,69)(H,56,68)(H,60,61)(H,70,71)/t24-,25+,26+,27+,28+,29+,33+,34+,35+,36+/m1/s1. The number of nitrogens with one attached hydrogen (secondary N) is 8. The number of aliphatic hydroxyl groups excluding tert-OH is 1. The first kappa shape index (κ1) is 64.6. The number of carbonyl (C=O) groups excluding carboxylic acids is 10. The van der Waals surface area contributed by atoms with Gasteiger partial charge in [0.15, 0.2) is 0 Å². The molecule has 0 aromatic heterocycles. The predicted octanol–water partition coefficient (Wildman–Crippen LogP) is -3.28. The molecule has 0 saturated carbocycles. The largest absolute Gasteiger partial charge is 0.481 e. The number of rotatable bonds is 33. The molecule has 71 heavy (non-hydrogen) atoms. The number of carboxylic acids is 2. The quantitative estimate of drug-likeness (QED) is 0.0307. The fourth-order valence-electron chi connectivity index (χ4n) is 6.76. The van der Waals surface area contributed by atoms with E-state index in [0.29, 0.717) is 0 Å². The molecule has 0 fully saturated rings. The number of amides is 10. The Labute approximate surface area is 414 Å². The van der Waals surface area contributed by atoms with Crippen molar-refractivity contribution in [3.8, 4) is 0 Å². The minimum atomic E-state index is -1.79. The zero-order chi connectivity index (χ0) is 55.2. The van der Waals surface area contributed by atoms with Crippen LogP contribution in [-0.2, 0) is 57.5 Å². The summed E-state index contributed by atoms with van der Waals surface area (Å²) in [6, 6.07) is -13.3. The summed E-state index contributed by atoms with van der Waals surface area (Å²) in [6.07, 6.45) is -4.49. The number of primary amides is 2. The third kappa shape index (κ3) is 24.3. The normalized spacial score (nSPS) is 15.6. The van der Waals surface area contributed by atoms with Gasteiger partial charge >= 0.3 is 11.9 Å². The van der Waals surface area contributed by atoms with Crippen molar-refractivity contribution in [1.82, 2.24) is 42.5 Å². The first-order valence-corrected chi connectivity index (χ1v) is 23.6. The van der Waals surface area contributed by atoms with Crippen LogP contribution in [0.3, 0.4) is 0 Å². The van der Waals surface area contributed by atoms with Gasteiger partial charge in [-0.3, -0.25) is 52.7 Å². The average Bonchev–Trinajstić information content (AvgIpc) is 3.23. The van der Waals surface area contributed by atoms with Crippen LogP contribution in [0.1, 0.15) is 121 Å². The molecule has 404 valence electrons. The number of aliphatic hydroxyl groups is 1. The van der Waals surface area contributed by atoms with Crippen molar-refractivity contribution in [2.24, 2.45) is 46.8 Å². The third-order valence-corrected chi connectivity index (χ3v) is 10.9. The summed E-state index contributed by atoms with van der Waals surface area (Å²) in [6.45, 7) is 17.5. The second kappa shape index (κ2) is 31.0. The molecule has 26 nitrogen and oxygen atoms in total. The summed E-state index contributed by atoms with van der Waals surface area (Å²) in [4.78, 5) is 156. The zero-order valence-electron chi connectivity index (χ0n) is 42.6. The fraction of sp³-hybridized carbons (Fsp3) is 0.733. The Balaban J connectivity index is 6.73. The molecule has 0 saturated heterocycles. The van der Waals surface area contributed by atoms with Gasteiger partial charge in [-0.25, -0.2) is 4.79 Å². The van der Waals surface area contributed by atoms with Crippen LogP contribution in [0.5, 0.6) is 0 Å². The molecule has 10 amide bonds. The maximum absolute atomic E-state index is 14.0. The van der Waals surface area contributed by atoms with E-state index >= 15 is 0 Å². The van der Waals surface area contributed by atoms with Crippen molar-refractivity contribution in [3.63, 3.8) is 0 Å². The molecular formula is C45H79N11O15. The molecular weight excluding hydrogens is 935 g/mol. The molecule has 0 aromatic carbocycles. The predicted molar refractivity (Wildman–Crippen MR) is 255 cm³/mol. The molecule has 0 rings (SSSR count). The summed E-state index contributed by atoms with van der Waals surface area (Å²) >= 11 is 0. The Bertz CT molecular complexity index is 1890. The van der Waals surface area contributed by atoms with E-state index in [0.717, 1.165) is 6.92 Å². The van der Waals surface area contributed by atoms with Crippen LogP contribution in [0, 0.1) is 29.6 Å². The highest BCUT2D eigenvalue weighted by molar-refractivity contribution is 5.99. The number of hydrogen-bond donors (Lipinski definition) is 14. The van der Waals surface area contributed by atoms with Gasteiger partial charge in [-0.15, -0.1) is 0 Å². The van der Waals surface area contributed by atoms with Crippen LogP contribution in [0.25, 0.3) is 0 Å². The average molecular weight is 1010 g/mol. The maximum atomic E-state index is 14.0. The molecule has 0 spiro atoms. The molecule has 0 aliphatic rings. The highest BCUT2D eigenvalue weighted by Gasteiger charge is 2.38. The minimum Gasteiger partial charge on any atom is -0.481 e. The Morgan fingerprint density at radius 1 is 0.408 bits per heavy atom. The smallest absolute Gasteiger partial charge is 0.326 e. The maximum Gasteiger partial charge on any atom is 0.326 e. The number of hydrogen-bond acceptors (Lipinski definition) is 14. The topological polar surface area (TPSA) is 440 Å². The summed E-state index contributed by atoms with van der Waals surface area (Å²) in [5, 5.41) is 48.6. The number of carbonyl (C=O) groups is 12. The van der Waals surface area contributed by atoms with Gasteiger partial charge in [0.2, 0.25) is 59.1 Å². The third-order valence-electron chi connectivity index (χ3n) is 10.9. The second-order valence-corrected chi connectivity index (χ2v) is 19.5. The molecule has 26 heteroatoms. The molecule has 0 aliphatic heterocycles. The van der Waals surface area contributed by atoms with Crippen molar-refractivity contribution in [3.05, 3.63) is 0 Å². The Morgan fingerprint density at radius 2 is 0.761 bits per heavy atom. The molecule has 0 radical (unpaired) electrons. The Kier molecular flexibility index (Phi) is 28.2. The van der Waals surface area contributed by atoms with E-state index in [9.17, 15) is 72.9 Å². The lowest BCUT2D eigenvalue weighted by Crippen LogP contribution is -2.62. The number of carboxylic acid groups (broad SMARTS) is 2. The Hall–Kier alpha value is -6.44. The van der Waals surface area contributed by atoms with Crippen molar-refractivity contribution in [2.45, 2.75) is 182 Å². The van der Waals surface area contributed by atoms with Crippen LogP contribution in [0.4, 0.5) is 0 Å². The van der Waals surface area contributed by atoms with Crippen LogP contribution < -0.4 is 59.7 Å². The lowest BCUT2D eigenvalue weighted by molar-refractivity contribution is -0.144. The van der Waals surface area contributed by atoms with E-state index in [-0.39, 0.29) is 30.6 Å². The number of nitrogens with two attached hydrogens (primary N) is 3. The lowest BCUT2D eigenvalue weighted by atomic mass is 9.99. The van der Waals surface area contributed by atoms with E-state index in [1.165, 1.54) is 27.7 Å². The van der Waals surface area contributed by atoms with Gasteiger partial charge in [-0.05, 0) is 62.2 Å². The van der Waals surface area contributed by atoms with Gasteiger partial charge in [0.05, 0.1) is 18.6 Å². The SMILES string of the molecule is CC(C)C[C@H](NC(=O)[C@H](CCC(=O)O)NC(=O)[C@H](CCC(N)=O)NC(=O)[C@H](CC(C)C)NC(=O)[C@@H](N)C(C)C)C(=O)N[C@@H](CC(N)=O)C(=O)N[C@H](C(=O)N[C@H](C(=O)N[C@H](C(=O)O)C(C)C)[C@@H](C)O)C(C)C. The van der Waals surface area contributed by atoms with E-state index in [1.807, 2.05) is 0 Å². The molecule has 10 atom stereocenters. The summed E-state index contributed by atoms with van der Waals surface area (Å²) in [7, 11) is 0. The first-order valence-electron chi connectivity index (χ1n) is 23.6. The van der Waals surface area contributed by atoms with E-state index in [2.05, 4.69) is 42.5 Å².